The lowest BCUT2D eigenvalue weighted by Crippen LogP contribution is -2.44. The molecule has 7 nitrogen and oxygen atoms in total. The van der Waals surface area contributed by atoms with Gasteiger partial charge in [-0.15, -0.1) is 0 Å². The fourth-order valence-electron chi connectivity index (χ4n) is 3.91. The lowest BCUT2D eigenvalue weighted by atomic mass is 9.86. The Bertz CT molecular complexity index is 789. The molecular formula is C16H22N4O3. The first-order chi connectivity index (χ1) is 10.9. The largest absolute Gasteiger partial charge is 0.342 e. The summed E-state index contributed by atoms with van der Waals surface area (Å²) >= 11 is 0. The molecule has 1 amide bonds. The minimum absolute atomic E-state index is 0.119. The molecule has 0 N–H and O–H groups in total. The third-order valence-electron chi connectivity index (χ3n) is 5.36. The predicted molar refractivity (Wildman–Crippen MR) is 83.2 cm³/mol. The lowest BCUT2D eigenvalue weighted by molar-refractivity contribution is -0.131. The molecule has 1 aliphatic carbocycles. The van der Waals surface area contributed by atoms with Gasteiger partial charge in [-0.3, -0.25) is 19.0 Å². The molecule has 1 spiro atoms. The molecule has 1 aromatic heterocycles. The van der Waals surface area contributed by atoms with Gasteiger partial charge < -0.3 is 4.90 Å². The molecule has 4 rings (SSSR count). The Hall–Kier alpha value is -1.92. The molecular weight excluding hydrogens is 296 g/mol. The molecule has 1 saturated heterocycles. The number of rotatable bonds is 2. The van der Waals surface area contributed by atoms with Gasteiger partial charge in [0.05, 0.1) is 6.04 Å². The van der Waals surface area contributed by atoms with Crippen molar-refractivity contribution in [2.45, 2.75) is 52.1 Å². The number of carbonyl (C=O) groups is 1. The molecule has 1 aromatic rings. The van der Waals surface area contributed by atoms with E-state index < -0.39 is 11.1 Å². The van der Waals surface area contributed by atoms with Crippen molar-refractivity contribution in [1.29, 1.82) is 0 Å². The smallest absolute Gasteiger partial charge is 0.332 e. The van der Waals surface area contributed by atoms with Gasteiger partial charge >= 0.3 is 11.1 Å². The number of fused-ring (bicyclic) bond motifs is 1. The molecule has 124 valence electrons. The van der Waals surface area contributed by atoms with E-state index in [1.54, 1.807) is 0 Å². The van der Waals surface area contributed by atoms with Crippen LogP contribution in [0.15, 0.2) is 9.59 Å². The summed E-state index contributed by atoms with van der Waals surface area (Å²) in [5, 5.41) is 4.41. The van der Waals surface area contributed by atoms with Crippen molar-refractivity contribution in [2.75, 3.05) is 13.1 Å². The van der Waals surface area contributed by atoms with E-state index in [4.69, 9.17) is 0 Å². The minimum atomic E-state index is -0.551. The van der Waals surface area contributed by atoms with Crippen LogP contribution < -0.4 is 11.1 Å². The minimum Gasteiger partial charge on any atom is -0.342 e. The maximum atomic E-state index is 12.4. The van der Waals surface area contributed by atoms with E-state index >= 15 is 0 Å². The first kappa shape index (κ1) is 14.7. The van der Waals surface area contributed by atoms with Crippen LogP contribution in [0.3, 0.4) is 0 Å². The summed E-state index contributed by atoms with van der Waals surface area (Å²) in [5.41, 5.74) is -1.15. The van der Waals surface area contributed by atoms with Crippen LogP contribution in [0.25, 0.3) is 0 Å². The van der Waals surface area contributed by atoms with Gasteiger partial charge in [-0.1, -0.05) is 0 Å². The molecule has 2 fully saturated rings. The summed E-state index contributed by atoms with van der Waals surface area (Å²) in [6, 6.07) is -0.130. The van der Waals surface area contributed by atoms with E-state index in [0.717, 1.165) is 25.8 Å². The monoisotopic (exact) mass is 318 g/mol. The number of hydrogen-bond acceptors (Lipinski definition) is 4. The maximum absolute atomic E-state index is 12.4. The van der Waals surface area contributed by atoms with Crippen LogP contribution in [0.5, 0.6) is 0 Å². The van der Waals surface area contributed by atoms with Gasteiger partial charge in [0, 0.05) is 37.4 Å². The van der Waals surface area contributed by atoms with Crippen LogP contribution in [-0.4, -0.2) is 38.2 Å². The Morgan fingerprint density at radius 3 is 2.61 bits per heavy atom. The Kier molecular flexibility index (Phi) is 3.05. The third kappa shape index (κ3) is 2.24. The van der Waals surface area contributed by atoms with E-state index in [1.807, 2.05) is 18.7 Å². The Labute approximate surface area is 133 Å². The zero-order chi connectivity index (χ0) is 16.4. The fourth-order valence-corrected chi connectivity index (χ4v) is 3.91. The first-order valence-corrected chi connectivity index (χ1v) is 8.41. The van der Waals surface area contributed by atoms with Crippen LogP contribution >= 0.6 is 0 Å². The molecule has 0 aromatic carbocycles. The average molecular weight is 318 g/mol. The van der Waals surface area contributed by atoms with Crippen molar-refractivity contribution in [3.05, 3.63) is 26.5 Å². The standard InChI is InChI=1S/C16H22N4O3/c1-10(2)20-15(23)14(22)19-9-16(7-12(19)17-20)5-6-18(8-16)13(21)11-3-4-11/h10-11H,3-9H2,1-2H3/t16-/m1/s1. The molecule has 0 bridgehead atoms. The number of carbonyl (C=O) groups excluding carboxylic acids is 1. The summed E-state index contributed by atoms with van der Waals surface area (Å²) in [6.45, 7) is 5.65. The van der Waals surface area contributed by atoms with E-state index in [-0.39, 0.29) is 23.3 Å². The molecule has 1 atom stereocenters. The van der Waals surface area contributed by atoms with Crippen molar-refractivity contribution in [3.8, 4) is 0 Å². The quantitative estimate of drug-likeness (QED) is 0.728. The summed E-state index contributed by atoms with van der Waals surface area (Å²) in [7, 11) is 0. The SMILES string of the molecule is CC(C)n1nc2n(c(=O)c1=O)C[C@]1(CCN(C(=O)C3CC3)C1)C2. The van der Waals surface area contributed by atoms with Crippen LogP contribution in [0.1, 0.15) is 45.0 Å². The van der Waals surface area contributed by atoms with E-state index in [2.05, 4.69) is 5.10 Å². The summed E-state index contributed by atoms with van der Waals surface area (Å²) in [6.07, 6.45) is 3.57. The molecule has 3 heterocycles. The number of aromatic nitrogens is 3. The molecule has 7 heteroatoms. The molecule has 3 aliphatic rings. The molecule has 1 saturated carbocycles. The first-order valence-electron chi connectivity index (χ1n) is 8.41. The average Bonchev–Trinajstić information content (AvgIpc) is 3.19. The summed E-state index contributed by atoms with van der Waals surface area (Å²) in [5.74, 6) is 1.18. The lowest BCUT2D eigenvalue weighted by Gasteiger charge is -2.22. The van der Waals surface area contributed by atoms with Crippen LogP contribution in [0.4, 0.5) is 0 Å². The van der Waals surface area contributed by atoms with Crippen LogP contribution in [0.2, 0.25) is 0 Å². The van der Waals surface area contributed by atoms with Crippen molar-refractivity contribution in [2.24, 2.45) is 11.3 Å². The highest BCUT2D eigenvalue weighted by Crippen LogP contribution is 2.41. The Balaban J connectivity index is 1.63. The van der Waals surface area contributed by atoms with Gasteiger partial charge in [0.1, 0.15) is 5.82 Å². The van der Waals surface area contributed by atoms with Gasteiger partial charge in [0.25, 0.3) is 0 Å². The molecule has 0 unspecified atom stereocenters. The maximum Gasteiger partial charge on any atom is 0.332 e. The highest BCUT2D eigenvalue weighted by atomic mass is 16.2. The topological polar surface area (TPSA) is 77.2 Å². The second-order valence-electron chi connectivity index (χ2n) is 7.61. The van der Waals surface area contributed by atoms with E-state index in [0.29, 0.717) is 25.3 Å². The second kappa shape index (κ2) is 4.79. The van der Waals surface area contributed by atoms with Crippen LogP contribution in [-0.2, 0) is 17.8 Å². The fraction of sp³-hybridized carbons (Fsp3) is 0.750. The van der Waals surface area contributed by atoms with Crippen molar-refractivity contribution in [3.63, 3.8) is 0 Å². The Morgan fingerprint density at radius 2 is 1.96 bits per heavy atom. The molecule has 2 aliphatic heterocycles. The van der Waals surface area contributed by atoms with Gasteiger partial charge in [0.15, 0.2) is 0 Å². The third-order valence-corrected chi connectivity index (χ3v) is 5.36. The van der Waals surface area contributed by atoms with Gasteiger partial charge in [0.2, 0.25) is 5.91 Å². The molecule has 0 radical (unpaired) electrons. The predicted octanol–water partition coefficient (Wildman–Crippen LogP) is 0.171. The normalized spacial score (nSPS) is 26.3. The highest BCUT2D eigenvalue weighted by Gasteiger charge is 2.47. The van der Waals surface area contributed by atoms with Crippen LogP contribution in [0, 0.1) is 11.3 Å². The van der Waals surface area contributed by atoms with E-state index in [9.17, 15) is 14.4 Å². The highest BCUT2D eigenvalue weighted by molar-refractivity contribution is 5.81. The zero-order valence-electron chi connectivity index (χ0n) is 13.6. The zero-order valence-corrected chi connectivity index (χ0v) is 13.6. The number of amides is 1. The van der Waals surface area contributed by atoms with Gasteiger partial charge in [-0.05, 0) is 33.1 Å². The number of nitrogens with zero attached hydrogens (tertiary/aromatic N) is 4. The second-order valence-corrected chi connectivity index (χ2v) is 7.61. The Morgan fingerprint density at radius 1 is 1.22 bits per heavy atom. The summed E-state index contributed by atoms with van der Waals surface area (Å²) < 4.78 is 2.82. The van der Waals surface area contributed by atoms with E-state index in [1.165, 1.54) is 9.25 Å². The number of likely N-dealkylation sites (tertiary alicyclic amines) is 1. The van der Waals surface area contributed by atoms with Crippen molar-refractivity contribution >= 4 is 5.91 Å². The van der Waals surface area contributed by atoms with Crippen molar-refractivity contribution < 1.29 is 4.79 Å². The molecule has 23 heavy (non-hydrogen) atoms. The van der Waals surface area contributed by atoms with Crippen molar-refractivity contribution in [1.82, 2.24) is 19.2 Å². The van der Waals surface area contributed by atoms with Gasteiger partial charge in [-0.2, -0.15) is 5.10 Å². The summed E-state index contributed by atoms with van der Waals surface area (Å²) in [4.78, 5) is 38.7. The van der Waals surface area contributed by atoms with Gasteiger partial charge in [-0.25, -0.2) is 4.68 Å². The number of hydrogen-bond donors (Lipinski definition) is 0.